The van der Waals surface area contributed by atoms with Gasteiger partial charge in [0, 0.05) is 17.8 Å². The number of aliphatic hydroxyl groups is 1. The molecule has 0 heterocycles. The fraction of sp³-hybridized carbons (Fsp3) is 0.450. The first-order valence-corrected chi connectivity index (χ1v) is 8.98. The van der Waals surface area contributed by atoms with Gasteiger partial charge in [-0.2, -0.15) is 0 Å². The Balaban J connectivity index is 2.58. The Bertz CT molecular complexity index is 600. The summed E-state index contributed by atoms with van der Waals surface area (Å²) in [5.74, 6) is -0.503. The molecule has 2 radical (unpaired) electrons. The molecule has 2 atom stereocenters. The van der Waals surface area contributed by atoms with Gasteiger partial charge in [0.15, 0.2) is 0 Å². The molecule has 26 heavy (non-hydrogen) atoms. The summed E-state index contributed by atoms with van der Waals surface area (Å²) >= 11 is 0. The van der Waals surface area contributed by atoms with E-state index in [-0.39, 0.29) is 23.9 Å². The van der Waals surface area contributed by atoms with Crippen LogP contribution >= 0.6 is 0 Å². The number of unbranched alkanes of at least 4 members (excludes halogenated alkanes) is 1. The number of carbonyl (C=O) groups excluding carboxylic acids is 1. The van der Waals surface area contributed by atoms with Crippen LogP contribution in [-0.4, -0.2) is 31.4 Å². The minimum Gasteiger partial charge on any atom is -0.511 e. The van der Waals surface area contributed by atoms with Crippen LogP contribution in [0.25, 0.3) is 0 Å². The number of carbonyl (C=O) groups is 1. The predicted molar refractivity (Wildman–Crippen MR) is 109 cm³/mol. The summed E-state index contributed by atoms with van der Waals surface area (Å²) in [6.07, 6.45) is 3.55. The van der Waals surface area contributed by atoms with Gasteiger partial charge in [0.1, 0.15) is 5.76 Å². The number of nitrogens with one attached hydrogen (secondary N) is 2. The summed E-state index contributed by atoms with van der Waals surface area (Å²) in [7, 11) is 5.63. The topological polar surface area (TPSA) is 87.4 Å². The van der Waals surface area contributed by atoms with Crippen molar-refractivity contribution >= 4 is 19.4 Å². The lowest BCUT2D eigenvalue weighted by Crippen LogP contribution is -2.38. The zero-order valence-electron chi connectivity index (χ0n) is 15.6. The summed E-state index contributed by atoms with van der Waals surface area (Å²) in [5.41, 5.74) is 8.37. The number of benzene rings is 1. The van der Waals surface area contributed by atoms with Gasteiger partial charge < -0.3 is 21.5 Å². The Morgan fingerprint density at radius 3 is 2.46 bits per heavy atom. The molecule has 1 amide bonds. The van der Waals surface area contributed by atoms with Crippen LogP contribution in [0.5, 0.6) is 0 Å². The Kier molecular flexibility index (Phi) is 9.59. The van der Waals surface area contributed by atoms with Crippen molar-refractivity contribution in [3.05, 3.63) is 54.4 Å². The van der Waals surface area contributed by atoms with E-state index >= 15 is 0 Å². The molecule has 5 N–H and O–H groups in total. The van der Waals surface area contributed by atoms with E-state index in [0.717, 1.165) is 36.2 Å². The smallest absolute Gasteiger partial charge is 0.220 e. The zero-order valence-corrected chi connectivity index (χ0v) is 15.6. The number of nitrogens with two attached hydrogens (primary N) is 1. The highest BCUT2D eigenvalue weighted by molar-refractivity contribution is 6.12. The SMILES string of the molecule is [B]C(C)CC(=O)N[C@@H](Cc1ccc(NC(=C)CCCCN)cc1)C(=C)O. The number of rotatable bonds is 12. The lowest BCUT2D eigenvalue weighted by Gasteiger charge is -2.19. The highest BCUT2D eigenvalue weighted by Crippen LogP contribution is 2.16. The van der Waals surface area contributed by atoms with Crippen molar-refractivity contribution in [3.63, 3.8) is 0 Å². The zero-order chi connectivity index (χ0) is 19.5. The van der Waals surface area contributed by atoms with Gasteiger partial charge in [-0.25, -0.2) is 0 Å². The molecule has 1 aromatic carbocycles. The Morgan fingerprint density at radius 2 is 1.92 bits per heavy atom. The molecular formula is C20H30BN3O2. The summed E-state index contributed by atoms with van der Waals surface area (Å²) < 4.78 is 0. The monoisotopic (exact) mass is 355 g/mol. The van der Waals surface area contributed by atoms with Crippen LogP contribution in [-0.2, 0) is 11.2 Å². The van der Waals surface area contributed by atoms with Gasteiger partial charge in [-0.15, -0.1) is 0 Å². The summed E-state index contributed by atoms with van der Waals surface area (Å²) in [4.78, 5) is 11.9. The molecule has 1 aromatic rings. The number of hydrogen-bond acceptors (Lipinski definition) is 4. The van der Waals surface area contributed by atoms with Gasteiger partial charge in [-0.05, 0) is 49.9 Å². The highest BCUT2D eigenvalue weighted by atomic mass is 16.3. The van der Waals surface area contributed by atoms with Crippen LogP contribution in [0.4, 0.5) is 5.69 Å². The van der Waals surface area contributed by atoms with Gasteiger partial charge >= 0.3 is 0 Å². The molecule has 0 aliphatic rings. The first-order valence-electron chi connectivity index (χ1n) is 8.98. The third kappa shape index (κ3) is 8.76. The molecule has 0 aliphatic heterocycles. The van der Waals surface area contributed by atoms with E-state index < -0.39 is 6.04 Å². The van der Waals surface area contributed by atoms with Crippen LogP contribution in [0.1, 0.15) is 38.2 Å². The maximum atomic E-state index is 11.9. The van der Waals surface area contributed by atoms with Crippen molar-refractivity contribution in [2.45, 2.75) is 50.9 Å². The lowest BCUT2D eigenvalue weighted by atomic mass is 9.86. The van der Waals surface area contributed by atoms with E-state index in [0.29, 0.717) is 13.0 Å². The number of allylic oxidation sites excluding steroid dienone is 1. The summed E-state index contributed by atoms with van der Waals surface area (Å²) in [6.45, 7) is 10.0. The van der Waals surface area contributed by atoms with E-state index in [1.54, 1.807) is 6.92 Å². The van der Waals surface area contributed by atoms with E-state index in [1.165, 1.54) is 0 Å². The first kappa shape index (κ1) is 21.8. The number of amides is 1. The quantitative estimate of drug-likeness (QED) is 0.263. The van der Waals surface area contributed by atoms with Gasteiger partial charge in [0.2, 0.25) is 5.91 Å². The van der Waals surface area contributed by atoms with Crippen LogP contribution in [0.15, 0.2) is 48.9 Å². The van der Waals surface area contributed by atoms with Crippen LogP contribution < -0.4 is 16.4 Å². The van der Waals surface area contributed by atoms with Crippen molar-refractivity contribution in [2.24, 2.45) is 5.73 Å². The van der Waals surface area contributed by atoms with Crippen LogP contribution in [0.3, 0.4) is 0 Å². The fourth-order valence-corrected chi connectivity index (χ4v) is 2.51. The van der Waals surface area contributed by atoms with Gasteiger partial charge in [-0.3, -0.25) is 4.79 Å². The molecule has 0 spiro atoms. The van der Waals surface area contributed by atoms with Gasteiger partial charge in [0.05, 0.1) is 13.9 Å². The minimum absolute atomic E-state index is 0.0708. The standard InChI is InChI=1S/C20H30BN3O2/c1-14(21)12-20(26)24-19(16(3)25)13-17-7-9-18(10-8-17)23-15(2)6-4-5-11-22/h7-10,14,19,23,25H,2-6,11-13,22H2,1H3,(H,24,26)/t14?,19-/m0/s1. The molecule has 1 rings (SSSR count). The van der Waals surface area contributed by atoms with Crippen LogP contribution in [0.2, 0.25) is 5.82 Å². The molecule has 0 aromatic heterocycles. The molecule has 5 nitrogen and oxygen atoms in total. The first-order chi connectivity index (χ1) is 12.3. The normalized spacial score (nSPS) is 12.8. The molecular weight excluding hydrogens is 325 g/mol. The second kappa shape index (κ2) is 11.4. The second-order valence-corrected chi connectivity index (χ2v) is 6.67. The Morgan fingerprint density at radius 1 is 1.27 bits per heavy atom. The Hall–Kier alpha value is -2.21. The molecule has 0 saturated carbocycles. The molecule has 1 unspecified atom stereocenters. The number of aliphatic hydroxyl groups excluding tert-OH is 1. The van der Waals surface area contributed by atoms with E-state index in [9.17, 15) is 9.90 Å². The fourth-order valence-electron chi connectivity index (χ4n) is 2.51. The highest BCUT2D eigenvalue weighted by Gasteiger charge is 2.16. The summed E-state index contributed by atoms with van der Waals surface area (Å²) in [5, 5.41) is 15.8. The molecule has 6 heteroatoms. The Labute approximate surface area is 158 Å². The molecule has 0 saturated heterocycles. The largest absolute Gasteiger partial charge is 0.511 e. The maximum Gasteiger partial charge on any atom is 0.220 e. The van der Waals surface area contributed by atoms with Gasteiger partial charge in [-0.1, -0.05) is 38.0 Å². The van der Waals surface area contributed by atoms with Crippen molar-refractivity contribution in [3.8, 4) is 0 Å². The van der Waals surface area contributed by atoms with Gasteiger partial charge in [0.25, 0.3) is 0 Å². The third-order valence-corrected chi connectivity index (χ3v) is 3.89. The van der Waals surface area contributed by atoms with E-state index in [2.05, 4.69) is 23.8 Å². The van der Waals surface area contributed by atoms with E-state index in [1.807, 2.05) is 24.3 Å². The average molecular weight is 355 g/mol. The molecule has 140 valence electrons. The molecule has 0 bridgehead atoms. The average Bonchev–Trinajstić information content (AvgIpc) is 2.55. The maximum absolute atomic E-state index is 11.9. The predicted octanol–water partition coefficient (Wildman–Crippen LogP) is 3.21. The van der Waals surface area contributed by atoms with Crippen molar-refractivity contribution in [1.82, 2.24) is 5.32 Å². The van der Waals surface area contributed by atoms with Crippen molar-refractivity contribution in [2.75, 3.05) is 11.9 Å². The van der Waals surface area contributed by atoms with E-state index in [4.69, 9.17) is 13.6 Å². The number of hydrogen-bond donors (Lipinski definition) is 4. The van der Waals surface area contributed by atoms with Crippen molar-refractivity contribution < 1.29 is 9.90 Å². The molecule has 0 aliphatic carbocycles. The van der Waals surface area contributed by atoms with Crippen LogP contribution in [0, 0.1) is 0 Å². The third-order valence-electron chi connectivity index (χ3n) is 3.89. The minimum atomic E-state index is -0.536. The summed E-state index contributed by atoms with van der Waals surface area (Å²) in [6, 6.07) is 7.26. The van der Waals surface area contributed by atoms with Crippen molar-refractivity contribution in [1.29, 1.82) is 0 Å². The second-order valence-electron chi connectivity index (χ2n) is 6.67. The lowest BCUT2D eigenvalue weighted by molar-refractivity contribution is -0.121. The number of anilines is 1. The molecule has 0 fully saturated rings.